The number of esters is 1. The lowest BCUT2D eigenvalue weighted by molar-refractivity contribution is -0.157. The molecule has 0 fully saturated rings. The van der Waals surface area contributed by atoms with Crippen LogP contribution in [0.2, 0.25) is 0 Å². The van der Waals surface area contributed by atoms with Crippen molar-refractivity contribution in [3.63, 3.8) is 0 Å². The van der Waals surface area contributed by atoms with Crippen molar-refractivity contribution in [2.45, 2.75) is 60.0 Å². The molecule has 0 aromatic carbocycles. The van der Waals surface area contributed by atoms with Crippen LogP contribution in [0.1, 0.15) is 54.4 Å². The van der Waals surface area contributed by atoms with Gasteiger partial charge in [0, 0.05) is 0 Å². The van der Waals surface area contributed by atoms with Gasteiger partial charge in [0.1, 0.15) is 5.60 Å². The minimum absolute atomic E-state index is 0.0579. The first-order valence-electron chi connectivity index (χ1n) is 4.88. The Bertz CT molecular complexity index is 175. The molecule has 0 aliphatic heterocycles. The molecule has 0 radical (unpaired) electrons. The summed E-state index contributed by atoms with van der Waals surface area (Å²) in [5.74, 6) is -0.0978. The summed E-state index contributed by atoms with van der Waals surface area (Å²) < 4.78 is 5.24. The monoisotopic (exact) mass is 186 g/mol. The van der Waals surface area contributed by atoms with Gasteiger partial charge in [0.05, 0.1) is 6.42 Å². The minimum Gasteiger partial charge on any atom is -0.460 e. The Hall–Kier alpha value is -0.530. The molecular weight excluding hydrogens is 164 g/mol. The van der Waals surface area contributed by atoms with E-state index in [1.54, 1.807) is 0 Å². The van der Waals surface area contributed by atoms with E-state index in [0.29, 0.717) is 6.42 Å². The highest BCUT2D eigenvalue weighted by Crippen LogP contribution is 2.25. The normalized spacial score (nSPS) is 12.8. The molecule has 0 aromatic heterocycles. The Morgan fingerprint density at radius 2 is 1.62 bits per heavy atom. The van der Waals surface area contributed by atoms with Crippen LogP contribution in [0.15, 0.2) is 0 Å². The highest BCUT2D eigenvalue weighted by atomic mass is 16.6. The van der Waals surface area contributed by atoms with Crippen molar-refractivity contribution >= 4 is 5.97 Å². The van der Waals surface area contributed by atoms with Gasteiger partial charge in [-0.2, -0.15) is 0 Å². The smallest absolute Gasteiger partial charge is 0.306 e. The number of rotatable bonds is 3. The Morgan fingerprint density at radius 3 is 1.92 bits per heavy atom. The Balaban J connectivity index is 4.03. The average molecular weight is 186 g/mol. The van der Waals surface area contributed by atoms with Gasteiger partial charge < -0.3 is 4.74 Å². The summed E-state index contributed by atoms with van der Waals surface area (Å²) in [5, 5.41) is 0. The molecule has 0 N–H and O–H groups in total. The van der Waals surface area contributed by atoms with Crippen molar-refractivity contribution in [3.8, 4) is 0 Å². The van der Waals surface area contributed by atoms with Gasteiger partial charge in [-0.25, -0.2) is 0 Å². The molecule has 0 rings (SSSR count). The van der Waals surface area contributed by atoms with Crippen LogP contribution in [0.4, 0.5) is 0 Å². The largest absolute Gasteiger partial charge is 0.460 e. The van der Waals surface area contributed by atoms with E-state index in [4.69, 9.17) is 4.74 Å². The third-order valence-electron chi connectivity index (χ3n) is 2.00. The van der Waals surface area contributed by atoms with Crippen LogP contribution in [0.3, 0.4) is 0 Å². The zero-order valence-corrected chi connectivity index (χ0v) is 9.73. The first kappa shape index (κ1) is 12.5. The van der Waals surface area contributed by atoms with E-state index in [-0.39, 0.29) is 17.0 Å². The van der Waals surface area contributed by atoms with Gasteiger partial charge in [-0.3, -0.25) is 4.79 Å². The summed E-state index contributed by atoms with van der Waals surface area (Å²) in [4.78, 5) is 11.4. The predicted octanol–water partition coefficient (Wildman–Crippen LogP) is 3.15. The van der Waals surface area contributed by atoms with E-state index in [0.717, 1.165) is 6.42 Å². The fraction of sp³-hybridized carbons (Fsp3) is 0.909. The third-order valence-corrected chi connectivity index (χ3v) is 2.00. The third kappa shape index (κ3) is 6.62. The molecule has 0 saturated carbocycles. The van der Waals surface area contributed by atoms with Gasteiger partial charge in [0.2, 0.25) is 0 Å². The number of carbonyl (C=O) groups is 1. The number of hydrogen-bond donors (Lipinski definition) is 0. The van der Waals surface area contributed by atoms with Crippen molar-refractivity contribution in [1.82, 2.24) is 0 Å². The molecule has 0 saturated heterocycles. The van der Waals surface area contributed by atoms with Gasteiger partial charge in [0.25, 0.3) is 0 Å². The molecule has 2 heteroatoms. The molecule has 0 atom stereocenters. The predicted molar refractivity (Wildman–Crippen MR) is 54.5 cm³/mol. The lowest BCUT2D eigenvalue weighted by Crippen LogP contribution is -2.27. The van der Waals surface area contributed by atoms with Crippen LogP contribution in [-0.2, 0) is 9.53 Å². The van der Waals surface area contributed by atoms with E-state index in [2.05, 4.69) is 20.8 Å². The summed E-state index contributed by atoms with van der Waals surface area (Å²) in [6.07, 6.45) is 1.49. The first-order chi connectivity index (χ1) is 5.66. The number of carbonyl (C=O) groups excluding carboxylic acids is 1. The summed E-state index contributed by atoms with van der Waals surface area (Å²) >= 11 is 0. The lowest BCUT2D eigenvalue weighted by Gasteiger charge is -2.25. The second-order valence-corrected chi connectivity index (χ2v) is 5.28. The zero-order valence-electron chi connectivity index (χ0n) is 9.73. The summed E-state index contributed by atoms with van der Waals surface area (Å²) in [6.45, 7) is 11.9. The fourth-order valence-corrected chi connectivity index (χ4v) is 0.893. The molecule has 13 heavy (non-hydrogen) atoms. The van der Waals surface area contributed by atoms with E-state index >= 15 is 0 Å². The van der Waals surface area contributed by atoms with Crippen molar-refractivity contribution in [1.29, 1.82) is 0 Å². The van der Waals surface area contributed by atoms with Crippen molar-refractivity contribution in [3.05, 3.63) is 0 Å². The second-order valence-electron chi connectivity index (χ2n) is 5.28. The molecule has 0 aliphatic rings. The highest BCUT2D eigenvalue weighted by Gasteiger charge is 2.24. The Labute approximate surface area is 81.7 Å². The van der Waals surface area contributed by atoms with E-state index in [1.165, 1.54) is 0 Å². The Kier molecular flexibility index (Phi) is 3.95. The van der Waals surface area contributed by atoms with E-state index in [9.17, 15) is 4.79 Å². The summed E-state index contributed by atoms with van der Waals surface area (Å²) in [5.41, 5.74) is -0.302. The molecule has 0 aromatic rings. The summed E-state index contributed by atoms with van der Waals surface area (Å²) in [7, 11) is 0. The van der Waals surface area contributed by atoms with Gasteiger partial charge in [-0.1, -0.05) is 27.2 Å². The van der Waals surface area contributed by atoms with Gasteiger partial charge in [0.15, 0.2) is 0 Å². The fourth-order valence-electron chi connectivity index (χ4n) is 0.893. The maximum atomic E-state index is 11.4. The van der Waals surface area contributed by atoms with Crippen LogP contribution >= 0.6 is 0 Å². The van der Waals surface area contributed by atoms with Crippen LogP contribution < -0.4 is 0 Å². The number of ether oxygens (including phenoxy) is 1. The number of hydrogen-bond acceptors (Lipinski definition) is 2. The van der Waals surface area contributed by atoms with E-state index < -0.39 is 0 Å². The lowest BCUT2D eigenvalue weighted by atomic mass is 9.86. The van der Waals surface area contributed by atoms with Crippen molar-refractivity contribution in [2.24, 2.45) is 5.41 Å². The molecule has 0 aliphatic carbocycles. The standard InChI is InChI=1S/C11H22O2/c1-7-11(5,6)8-9(12)13-10(2,3)4/h7-8H2,1-6H3. The molecule has 0 amide bonds. The Morgan fingerprint density at radius 1 is 1.15 bits per heavy atom. The maximum Gasteiger partial charge on any atom is 0.306 e. The van der Waals surface area contributed by atoms with Crippen LogP contribution in [0, 0.1) is 5.41 Å². The van der Waals surface area contributed by atoms with Crippen LogP contribution in [0.25, 0.3) is 0 Å². The van der Waals surface area contributed by atoms with E-state index in [1.807, 2.05) is 20.8 Å². The summed E-state index contributed by atoms with van der Waals surface area (Å²) in [6, 6.07) is 0. The molecular formula is C11H22O2. The topological polar surface area (TPSA) is 26.3 Å². The van der Waals surface area contributed by atoms with Gasteiger partial charge in [-0.05, 0) is 26.2 Å². The maximum absolute atomic E-state index is 11.4. The first-order valence-corrected chi connectivity index (χ1v) is 4.88. The second kappa shape index (κ2) is 4.12. The quantitative estimate of drug-likeness (QED) is 0.633. The molecule has 0 unspecified atom stereocenters. The van der Waals surface area contributed by atoms with Crippen molar-refractivity contribution < 1.29 is 9.53 Å². The molecule has 0 spiro atoms. The average Bonchev–Trinajstić information content (AvgIpc) is 1.81. The van der Waals surface area contributed by atoms with Crippen LogP contribution in [0.5, 0.6) is 0 Å². The zero-order chi connectivity index (χ0) is 10.7. The molecule has 0 bridgehead atoms. The molecule has 0 heterocycles. The minimum atomic E-state index is -0.360. The molecule has 2 nitrogen and oxygen atoms in total. The van der Waals surface area contributed by atoms with Crippen LogP contribution in [-0.4, -0.2) is 11.6 Å². The highest BCUT2D eigenvalue weighted by molar-refractivity contribution is 5.70. The van der Waals surface area contributed by atoms with Gasteiger partial charge in [-0.15, -0.1) is 0 Å². The van der Waals surface area contributed by atoms with Crippen molar-refractivity contribution in [2.75, 3.05) is 0 Å². The SMILES string of the molecule is CCC(C)(C)CC(=O)OC(C)(C)C. The van der Waals surface area contributed by atoms with Gasteiger partial charge >= 0.3 is 5.97 Å². The molecule has 78 valence electrons.